The highest BCUT2D eigenvalue weighted by Gasteiger charge is 2.25. The Morgan fingerprint density at radius 3 is 2.50 bits per heavy atom. The molecule has 2 aromatic rings. The number of nitrogens with zero attached hydrogens (tertiary/aromatic N) is 2. The van der Waals surface area contributed by atoms with Crippen LogP contribution in [0.5, 0.6) is 0 Å². The standard InChI is InChI=1S/C13H19N5O4S2/c1-23(19,20)18-6-4-9(5-7-18)15-13-16-11-3-2-10(24(14,21)22)8-12(11)17-13/h2-3,8-9H,4-7H2,1H3,(H2,14,21,22)(H2,15,16,17). The highest BCUT2D eigenvalue weighted by Crippen LogP contribution is 2.21. The highest BCUT2D eigenvalue weighted by atomic mass is 32.2. The first-order valence-corrected chi connectivity index (χ1v) is 10.8. The van der Waals surface area contributed by atoms with Crippen molar-refractivity contribution in [3.63, 3.8) is 0 Å². The predicted octanol–water partition coefficient (Wildman–Crippen LogP) is 0.0462. The van der Waals surface area contributed by atoms with Crippen LogP contribution in [0.3, 0.4) is 0 Å². The number of aromatic amines is 1. The maximum Gasteiger partial charge on any atom is 0.238 e. The molecule has 0 saturated carbocycles. The third kappa shape index (κ3) is 3.69. The quantitative estimate of drug-likeness (QED) is 0.692. The summed E-state index contributed by atoms with van der Waals surface area (Å²) in [7, 11) is -6.91. The van der Waals surface area contributed by atoms with Crippen LogP contribution in [0.2, 0.25) is 0 Å². The van der Waals surface area contributed by atoms with Crippen LogP contribution in [0.4, 0.5) is 5.95 Å². The van der Waals surface area contributed by atoms with Gasteiger partial charge in [0, 0.05) is 19.1 Å². The molecule has 1 aliphatic heterocycles. The summed E-state index contributed by atoms with van der Waals surface area (Å²) in [4.78, 5) is 7.41. The molecule has 1 fully saturated rings. The lowest BCUT2D eigenvalue weighted by molar-refractivity contribution is 0.331. The Morgan fingerprint density at radius 1 is 1.25 bits per heavy atom. The lowest BCUT2D eigenvalue weighted by Gasteiger charge is -2.30. The third-order valence-electron chi connectivity index (χ3n) is 4.05. The number of primary sulfonamides is 1. The summed E-state index contributed by atoms with van der Waals surface area (Å²) in [5.41, 5.74) is 1.19. The van der Waals surface area contributed by atoms with Crippen LogP contribution in [-0.4, -0.2) is 56.5 Å². The summed E-state index contributed by atoms with van der Waals surface area (Å²) in [6.45, 7) is 0.929. The Hall–Kier alpha value is -1.69. The second-order valence-electron chi connectivity index (χ2n) is 5.89. The number of sulfonamides is 2. The highest BCUT2D eigenvalue weighted by molar-refractivity contribution is 7.89. The van der Waals surface area contributed by atoms with Crippen LogP contribution < -0.4 is 10.5 Å². The van der Waals surface area contributed by atoms with Crippen LogP contribution in [0.1, 0.15) is 12.8 Å². The van der Waals surface area contributed by atoms with Crippen LogP contribution >= 0.6 is 0 Å². The van der Waals surface area contributed by atoms with E-state index in [2.05, 4.69) is 15.3 Å². The second-order valence-corrected chi connectivity index (χ2v) is 9.43. The maximum atomic E-state index is 11.5. The number of hydrogen-bond acceptors (Lipinski definition) is 6. The molecule has 0 unspecified atom stereocenters. The van der Waals surface area contributed by atoms with Crippen LogP contribution in [0.15, 0.2) is 23.1 Å². The van der Waals surface area contributed by atoms with Gasteiger partial charge in [0.1, 0.15) is 0 Å². The summed E-state index contributed by atoms with van der Waals surface area (Å²) in [6.07, 6.45) is 2.56. The van der Waals surface area contributed by atoms with Crippen molar-refractivity contribution in [3.8, 4) is 0 Å². The van der Waals surface area contributed by atoms with Crippen molar-refractivity contribution in [2.75, 3.05) is 24.7 Å². The molecule has 0 radical (unpaired) electrons. The van der Waals surface area contributed by atoms with E-state index < -0.39 is 20.0 Å². The van der Waals surface area contributed by atoms with E-state index in [-0.39, 0.29) is 10.9 Å². The number of piperidine rings is 1. The molecule has 0 bridgehead atoms. The summed E-state index contributed by atoms with van der Waals surface area (Å²) in [5.74, 6) is 0.523. The van der Waals surface area contributed by atoms with Gasteiger partial charge in [0.25, 0.3) is 0 Å². The normalized spacial score (nSPS) is 18.1. The van der Waals surface area contributed by atoms with Gasteiger partial charge in [0.05, 0.1) is 22.2 Å². The first-order chi connectivity index (χ1) is 11.1. The number of nitrogens with two attached hydrogens (primary N) is 1. The predicted molar refractivity (Wildman–Crippen MR) is 90.5 cm³/mol. The summed E-state index contributed by atoms with van der Waals surface area (Å²) in [5, 5.41) is 8.35. The van der Waals surface area contributed by atoms with Crippen LogP contribution in [-0.2, 0) is 20.0 Å². The van der Waals surface area contributed by atoms with Gasteiger partial charge in [-0.2, -0.15) is 0 Å². The van der Waals surface area contributed by atoms with Gasteiger partial charge < -0.3 is 10.3 Å². The van der Waals surface area contributed by atoms with E-state index in [1.54, 1.807) is 6.07 Å². The van der Waals surface area contributed by atoms with E-state index in [1.807, 2.05) is 0 Å². The smallest absolute Gasteiger partial charge is 0.238 e. The zero-order valence-electron chi connectivity index (χ0n) is 13.1. The van der Waals surface area contributed by atoms with E-state index in [0.29, 0.717) is 42.9 Å². The number of rotatable bonds is 4. The molecule has 132 valence electrons. The molecule has 24 heavy (non-hydrogen) atoms. The average Bonchev–Trinajstić information content (AvgIpc) is 2.87. The third-order valence-corrected chi connectivity index (χ3v) is 6.26. The first kappa shape index (κ1) is 17.1. The fourth-order valence-electron chi connectivity index (χ4n) is 2.76. The molecule has 0 atom stereocenters. The fraction of sp³-hybridized carbons (Fsp3) is 0.462. The first-order valence-electron chi connectivity index (χ1n) is 7.37. The Kier molecular flexibility index (Phi) is 4.28. The Bertz CT molecular complexity index is 959. The molecule has 2 heterocycles. The number of aromatic nitrogens is 2. The number of anilines is 1. The Labute approximate surface area is 140 Å². The number of fused-ring (bicyclic) bond motifs is 1. The van der Waals surface area contributed by atoms with Gasteiger partial charge in [0.15, 0.2) is 0 Å². The van der Waals surface area contributed by atoms with E-state index >= 15 is 0 Å². The van der Waals surface area contributed by atoms with Gasteiger partial charge in [-0.3, -0.25) is 0 Å². The minimum atomic E-state index is -3.76. The van der Waals surface area contributed by atoms with Crippen molar-refractivity contribution in [1.82, 2.24) is 14.3 Å². The summed E-state index contributed by atoms with van der Waals surface area (Å²) in [6, 6.07) is 4.53. The molecule has 0 aliphatic carbocycles. The lowest BCUT2D eigenvalue weighted by Crippen LogP contribution is -2.41. The van der Waals surface area contributed by atoms with Crippen molar-refractivity contribution in [2.45, 2.75) is 23.8 Å². The maximum absolute atomic E-state index is 11.5. The zero-order chi connectivity index (χ0) is 17.5. The Balaban J connectivity index is 1.73. The van der Waals surface area contributed by atoms with E-state index in [1.165, 1.54) is 22.7 Å². The molecule has 11 heteroatoms. The van der Waals surface area contributed by atoms with E-state index in [4.69, 9.17) is 5.14 Å². The number of hydrogen-bond donors (Lipinski definition) is 3. The van der Waals surface area contributed by atoms with Gasteiger partial charge in [-0.15, -0.1) is 0 Å². The molecular formula is C13H19N5O4S2. The molecule has 9 nitrogen and oxygen atoms in total. The topological polar surface area (TPSA) is 138 Å². The number of nitrogens with one attached hydrogen (secondary N) is 2. The number of H-pyrrole nitrogens is 1. The molecule has 0 amide bonds. The number of imidazole rings is 1. The fourth-order valence-corrected chi connectivity index (χ4v) is 4.17. The minimum Gasteiger partial charge on any atom is -0.353 e. The van der Waals surface area contributed by atoms with Crippen LogP contribution in [0, 0.1) is 0 Å². The van der Waals surface area contributed by atoms with Crippen molar-refractivity contribution >= 4 is 37.0 Å². The molecule has 3 rings (SSSR count). The molecule has 0 spiro atoms. The molecule has 1 saturated heterocycles. The molecule has 1 aromatic heterocycles. The minimum absolute atomic E-state index is 0.0201. The average molecular weight is 373 g/mol. The largest absolute Gasteiger partial charge is 0.353 e. The van der Waals surface area contributed by atoms with Crippen molar-refractivity contribution in [2.24, 2.45) is 5.14 Å². The summed E-state index contributed by atoms with van der Waals surface area (Å²) >= 11 is 0. The molecular weight excluding hydrogens is 354 g/mol. The van der Waals surface area contributed by atoms with Gasteiger partial charge >= 0.3 is 0 Å². The van der Waals surface area contributed by atoms with Gasteiger partial charge in [-0.05, 0) is 31.0 Å². The Morgan fingerprint density at radius 2 is 1.92 bits per heavy atom. The van der Waals surface area contributed by atoms with Crippen molar-refractivity contribution < 1.29 is 16.8 Å². The molecule has 1 aliphatic rings. The number of benzene rings is 1. The lowest BCUT2D eigenvalue weighted by atomic mass is 10.1. The van der Waals surface area contributed by atoms with E-state index in [9.17, 15) is 16.8 Å². The SMILES string of the molecule is CS(=O)(=O)N1CCC(Nc2nc3ccc(S(N)(=O)=O)cc3[nH]2)CC1. The summed E-state index contributed by atoms with van der Waals surface area (Å²) < 4.78 is 47.3. The second kappa shape index (κ2) is 5.99. The zero-order valence-corrected chi connectivity index (χ0v) is 14.7. The van der Waals surface area contributed by atoms with Crippen molar-refractivity contribution in [3.05, 3.63) is 18.2 Å². The van der Waals surface area contributed by atoms with Crippen molar-refractivity contribution in [1.29, 1.82) is 0 Å². The molecule has 4 N–H and O–H groups in total. The monoisotopic (exact) mass is 373 g/mol. The van der Waals surface area contributed by atoms with Gasteiger partial charge in [-0.1, -0.05) is 0 Å². The molecule has 1 aromatic carbocycles. The van der Waals surface area contributed by atoms with Gasteiger partial charge in [-0.25, -0.2) is 31.3 Å². The van der Waals surface area contributed by atoms with E-state index in [0.717, 1.165) is 0 Å². The van der Waals surface area contributed by atoms with Gasteiger partial charge in [0.2, 0.25) is 26.0 Å². The van der Waals surface area contributed by atoms with Crippen LogP contribution in [0.25, 0.3) is 11.0 Å².